The van der Waals surface area contributed by atoms with Gasteiger partial charge in [-0.2, -0.15) is 39.5 Å². The molecule has 5 nitrogen and oxygen atoms in total. The maximum absolute atomic E-state index is 13.8. The van der Waals surface area contributed by atoms with E-state index in [0.717, 1.165) is 16.9 Å². The van der Waals surface area contributed by atoms with Crippen molar-refractivity contribution in [1.29, 1.82) is 0 Å². The standard InChI is InChI=1S/C25H19BrClF9N2O3/c1-41-22(40)37(10-11-4-13(23(28,29)30)6-14(5-11)24(31,32)33)19-9-18(12-2-3-12)38(21(27)39)20-16(19)7-15(8-17(20)26)25(34,35)36/h4-8,12,18-19H,2-3,9-10H2,1H3/t18-,19-/m0/s1. The Morgan fingerprint density at radius 2 is 1.44 bits per heavy atom. The van der Waals surface area contributed by atoms with Gasteiger partial charge in [-0.1, -0.05) is 0 Å². The monoisotopic (exact) mass is 680 g/mol. The minimum atomic E-state index is -5.17. The molecule has 1 fully saturated rings. The smallest absolute Gasteiger partial charge is 0.416 e. The van der Waals surface area contributed by atoms with Crippen molar-refractivity contribution in [2.45, 2.75) is 56.4 Å². The molecular weight excluding hydrogens is 663 g/mol. The van der Waals surface area contributed by atoms with Gasteiger partial charge in [0.05, 0.1) is 35.5 Å². The highest BCUT2D eigenvalue weighted by atomic mass is 79.9. The Morgan fingerprint density at radius 1 is 0.927 bits per heavy atom. The summed E-state index contributed by atoms with van der Waals surface area (Å²) in [5.74, 6) is -0.160. The molecule has 4 rings (SSSR count). The van der Waals surface area contributed by atoms with E-state index in [4.69, 9.17) is 16.3 Å². The van der Waals surface area contributed by atoms with Gasteiger partial charge in [-0.25, -0.2) is 4.79 Å². The van der Waals surface area contributed by atoms with Crippen LogP contribution in [0.15, 0.2) is 34.8 Å². The molecule has 1 aliphatic carbocycles. The summed E-state index contributed by atoms with van der Waals surface area (Å²) in [5, 5.41) is -1.01. The highest BCUT2D eigenvalue weighted by Crippen LogP contribution is 2.52. The molecule has 2 aliphatic rings. The average molecular weight is 682 g/mol. The van der Waals surface area contributed by atoms with Crippen LogP contribution >= 0.6 is 27.5 Å². The summed E-state index contributed by atoms with van der Waals surface area (Å²) >= 11 is 8.90. The largest absolute Gasteiger partial charge is 0.453 e. The fourth-order valence-corrected chi connectivity index (χ4v) is 5.92. The van der Waals surface area contributed by atoms with Gasteiger partial charge in [-0.15, -0.1) is 0 Å². The van der Waals surface area contributed by atoms with Crippen LogP contribution in [0.25, 0.3) is 0 Å². The summed E-state index contributed by atoms with van der Waals surface area (Å²) in [7, 11) is 0.904. The van der Waals surface area contributed by atoms with Crippen LogP contribution < -0.4 is 4.90 Å². The summed E-state index contributed by atoms with van der Waals surface area (Å²) in [6, 6.07) is 0.0605. The number of halogens is 11. The Hall–Kier alpha value is -2.68. The molecule has 0 N–H and O–H groups in total. The number of nitrogens with zero attached hydrogens (tertiary/aromatic N) is 2. The molecule has 41 heavy (non-hydrogen) atoms. The van der Waals surface area contributed by atoms with Crippen LogP contribution in [-0.2, 0) is 29.8 Å². The van der Waals surface area contributed by atoms with E-state index in [1.54, 1.807) is 0 Å². The zero-order chi connectivity index (χ0) is 30.7. The Bertz CT molecular complexity index is 1330. The Kier molecular flexibility index (Phi) is 8.28. The lowest BCUT2D eigenvalue weighted by Crippen LogP contribution is -2.48. The van der Waals surface area contributed by atoms with Gasteiger partial charge in [0.2, 0.25) is 0 Å². The van der Waals surface area contributed by atoms with E-state index in [1.165, 1.54) is 0 Å². The number of carbonyl (C=O) groups is 2. The predicted octanol–water partition coefficient (Wildman–Crippen LogP) is 9.16. The van der Waals surface area contributed by atoms with Crippen LogP contribution in [0.2, 0.25) is 0 Å². The van der Waals surface area contributed by atoms with Gasteiger partial charge >= 0.3 is 30.0 Å². The van der Waals surface area contributed by atoms with Gasteiger partial charge in [0.1, 0.15) is 0 Å². The molecule has 224 valence electrons. The van der Waals surface area contributed by atoms with Crippen LogP contribution in [0.3, 0.4) is 0 Å². The lowest BCUT2D eigenvalue weighted by atomic mass is 9.86. The molecule has 2 aromatic carbocycles. The van der Waals surface area contributed by atoms with Gasteiger partial charge in [0, 0.05) is 22.6 Å². The number of anilines is 1. The molecule has 0 unspecified atom stereocenters. The minimum absolute atomic E-state index is 0.0817. The van der Waals surface area contributed by atoms with Gasteiger partial charge in [-0.05, 0) is 88.6 Å². The van der Waals surface area contributed by atoms with Gasteiger partial charge in [0.15, 0.2) is 0 Å². The maximum Gasteiger partial charge on any atom is 0.416 e. The number of hydrogen-bond acceptors (Lipinski definition) is 3. The fourth-order valence-electron chi connectivity index (χ4n) is 5.04. The number of carbonyl (C=O) groups excluding carboxylic acids is 2. The molecule has 0 saturated heterocycles. The van der Waals surface area contributed by atoms with Crippen molar-refractivity contribution in [3.05, 3.63) is 62.6 Å². The molecule has 2 atom stereocenters. The molecule has 16 heteroatoms. The predicted molar refractivity (Wildman–Crippen MR) is 131 cm³/mol. The van der Waals surface area contributed by atoms with E-state index in [9.17, 15) is 49.1 Å². The Labute approximate surface area is 240 Å². The second kappa shape index (κ2) is 10.9. The first-order chi connectivity index (χ1) is 18.8. The number of hydrogen-bond donors (Lipinski definition) is 0. The van der Waals surface area contributed by atoms with Gasteiger partial charge in [0.25, 0.3) is 0 Å². The number of benzene rings is 2. The first kappa shape index (κ1) is 31.3. The zero-order valence-electron chi connectivity index (χ0n) is 20.7. The molecule has 1 saturated carbocycles. The van der Waals surface area contributed by atoms with E-state index >= 15 is 0 Å². The molecule has 0 spiro atoms. The van der Waals surface area contributed by atoms with Crippen molar-refractivity contribution in [3.8, 4) is 0 Å². The van der Waals surface area contributed by atoms with Crippen LogP contribution in [0.4, 0.5) is 54.8 Å². The molecule has 2 aromatic rings. The fraction of sp³-hybridized carbons (Fsp3) is 0.440. The number of fused-ring (bicyclic) bond motifs is 1. The van der Waals surface area contributed by atoms with E-state index in [-0.39, 0.29) is 34.1 Å². The molecule has 1 heterocycles. The highest BCUT2D eigenvalue weighted by Gasteiger charge is 2.48. The SMILES string of the molecule is COC(=O)N(Cc1cc(C(F)(F)F)cc(C(F)(F)F)c1)[C@H]1C[C@@H](C2CC2)N(C(=O)Cl)c2c(Br)cc(C(F)(F)F)cc21. The van der Waals surface area contributed by atoms with Crippen molar-refractivity contribution >= 4 is 44.7 Å². The van der Waals surface area contributed by atoms with Crippen LogP contribution in [0.1, 0.15) is 53.1 Å². The topological polar surface area (TPSA) is 49.9 Å². The van der Waals surface area contributed by atoms with Crippen LogP contribution in [-0.4, -0.2) is 29.5 Å². The van der Waals surface area contributed by atoms with Gasteiger partial charge < -0.3 is 4.74 Å². The minimum Gasteiger partial charge on any atom is -0.453 e. The van der Waals surface area contributed by atoms with Crippen LogP contribution in [0.5, 0.6) is 0 Å². The third-order valence-electron chi connectivity index (χ3n) is 6.96. The van der Waals surface area contributed by atoms with E-state index in [2.05, 4.69) is 15.9 Å². The Balaban J connectivity index is 1.91. The normalized spacial score (nSPS) is 19.6. The summed E-state index contributed by atoms with van der Waals surface area (Å²) in [4.78, 5) is 27.3. The van der Waals surface area contributed by atoms with Gasteiger partial charge in [-0.3, -0.25) is 14.6 Å². The second-order valence-corrected chi connectivity index (χ2v) is 10.9. The third kappa shape index (κ3) is 6.55. The van der Waals surface area contributed by atoms with E-state index in [1.807, 2.05) is 0 Å². The molecule has 2 amide bonds. The number of alkyl halides is 9. The summed E-state index contributed by atoms with van der Waals surface area (Å²) in [6.45, 7) is -0.885. The molecule has 0 radical (unpaired) electrons. The lowest BCUT2D eigenvalue weighted by Gasteiger charge is -2.44. The van der Waals surface area contributed by atoms with Crippen LogP contribution in [0, 0.1) is 5.92 Å². The molecule has 1 aliphatic heterocycles. The average Bonchev–Trinajstić information content (AvgIpc) is 3.69. The number of amides is 2. The quantitative estimate of drug-likeness (QED) is 0.184. The summed E-state index contributed by atoms with van der Waals surface area (Å²) < 4.78 is 127. The first-order valence-electron chi connectivity index (χ1n) is 11.8. The third-order valence-corrected chi connectivity index (χ3v) is 7.74. The molecular formula is C25H19BrClF9N2O3. The lowest BCUT2D eigenvalue weighted by molar-refractivity contribution is -0.143. The van der Waals surface area contributed by atoms with E-state index < -0.39 is 70.9 Å². The molecule has 0 bridgehead atoms. The zero-order valence-corrected chi connectivity index (χ0v) is 23.1. The van der Waals surface area contributed by atoms with Crippen molar-refractivity contribution in [2.24, 2.45) is 5.92 Å². The van der Waals surface area contributed by atoms with E-state index in [0.29, 0.717) is 37.1 Å². The summed E-state index contributed by atoms with van der Waals surface area (Å²) in [6.07, 6.45) is -15.4. The first-order valence-corrected chi connectivity index (χ1v) is 13.0. The number of methoxy groups -OCH3 is 1. The van der Waals surface area contributed by atoms with Crippen molar-refractivity contribution < 1.29 is 53.8 Å². The van der Waals surface area contributed by atoms with Crippen molar-refractivity contribution in [3.63, 3.8) is 0 Å². The van der Waals surface area contributed by atoms with Crippen molar-refractivity contribution in [2.75, 3.05) is 12.0 Å². The maximum atomic E-state index is 13.8. The highest BCUT2D eigenvalue weighted by molar-refractivity contribution is 9.10. The molecule has 0 aromatic heterocycles. The number of ether oxygens (including phenoxy) is 1. The Morgan fingerprint density at radius 3 is 1.88 bits per heavy atom. The van der Waals surface area contributed by atoms with Crippen molar-refractivity contribution in [1.82, 2.24) is 4.90 Å². The number of rotatable bonds is 4. The summed E-state index contributed by atoms with van der Waals surface area (Å²) in [5.41, 5.74) is -5.38. The second-order valence-electron chi connectivity index (χ2n) is 9.68.